The average Bonchev–Trinajstić information content (AvgIpc) is 2.89. The first-order valence-corrected chi connectivity index (χ1v) is 7.04. The van der Waals surface area contributed by atoms with Gasteiger partial charge in [0.25, 0.3) is 0 Å². The molecule has 0 fully saturated rings. The molecule has 0 saturated carbocycles. The first-order chi connectivity index (χ1) is 9.63. The maximum Gasteiger partial charge on any atom is 0.0670 e. The van der Waals surface area contributed by atoms with Crippen LogP contribution in [0.2, 0.25) is 10.0 Å². The fraction of sp³-hybridized carbons (Fsp3) is 0.133. The molecule has 0 radical (unpaired) electrons. The predicted molar refractivity (Wildman–Crippen MR) is 84.6 cm³/mol. The molecule has 0 spiro atoms. The van der Waals surface area contributed by atoms with Crippen LogP contribution in [0.25, 0.3) is 10.9 Å². The molecule has 1 atom stereocenters. The van der Waals surface area contributed by atoms with Crippen LogP contribution in [0, 0.1) is 0 Å². The zero-order valence-electron chi connectivity index (χ0n) is 10.8. The van der Waals surface area contributed by atoms with Crippen LogP contribution in [0.5, 0.6) is 0 Å². The molecule has 3 aromatic rings. The molecule has 0 amide bonds. The Kier molecular flexibility index (Phi) is 3.55. The Bertz CT molecular complexity index is 752. The van der Waals surface area contributed by atoms with Gasteiger partial charge in [-0.2, -0.15) is 5.10 Å². The molecule has 2 N–H and O–H groups in total. The summed E-state index contributed by atoms with van der Waals surface area (Å²) in [5.74, 6) is 0. The smallest absolute Gasteiger partial charge is 0.0670 e. The molecule has 0 saturated heterocycles. The van der Waals surface area contributed by atoms with Gasteiger partial charge in [0.2, 0.25) is 0 Å². The number of benzene rings is 2. The van der Waals surface area contributed by atoms with Gasteiger partial charge in [-0.05, 0) is 48.9 Å². The summed E-state index contributed by atoms with van der Waals surface area (Å²) in [6.07, 6.45) is 1.80. The van der Waals surface area contributed by atoms with E-state index in [1.165, 1.54) is 0 Å². The third-order valence-electron chi connectivity index (χ3n) is 3.25. The van der Waals surface area contributed by atoms with E-state index in [1.54, 1.807) is 12.3 Å². The van der Waals surface area contributed by atoms with Gasteiger partial charge in [-0.25, -0.2) is 0 Å². The highest BCUT2D eigenvalue weighted by Gasteiger charge is 2.10. The van der Waals surface area contributed by atoms with Gasteiger partial charge in [-0.15, -0.1) is 0 Å². The molecule has 102 valence electrons. The predicted octanol–water partition coefficient (Wildman–Crippen LogP) is 5.04. The van der Waals surface area contributed by atoms with Crippen molar-refractivity contribution in [2.24, 2.45) is 0 Å². The minimum Gasteiger partial charge on any atom is -0.378 e. The van der Waals surface area contributed by atoms with Crippen molar-refractivity contribution in [3.63, 3.8) is 0 Å². The number of H-pyrrole nitrogens is 1. The lowest BCUT2D eigenvalue weighted by molar-refractivity contribution is 0.885. The van der Waals surface area contributed by atoms with Gasteiger partial charge in [0.05, 0.1) is 17.8 Å². The van der Waals surface area contributed by atoms with Gasteiger partial charge in [0, 0.05) is 21.1 Å². The third kappa shape index (κ3) is 2.60. The van der Waals surface area contributed by atoms with E-state index in [9.17, 15) is 0 Å². The highest BCUT2D eigenvalue weighted by Crippen LogP contribution is 2.29. The Morgan fingerprint density at radius 3 is 2.85 bits per heavy atom. The van der Waals surface area contributed by atoms with Gasteiger partial charge < -0.3 is 5.32 Å². The molecule has 1 unspecified atom stereocenters. The number of hydrogen-bond donors (Lipinski definition) is 2. The van der Waals surface area contributed by atoms with Crippen LogP contribution in [0.4, 0.5) is 5.69 Å². The van der Waals surface area contributed by atoms with E-state index in [-0.39, 0.29) is 6.04 Å². The zero-order valence-corrected chi connectivity index (χ0v) is 12.3. The molecule has 3 rings (SSSR count). The summed E-state index contributed by atoms with van der Waals surface area (Å²) in [5, 5.41) is 12.9. The third-order valence-corrected chi connectivity index (χ3v) is 3.83. The van der Waals surface area contributed by atoms with Crippen LogP contribution in [0.1, 0.15) is 18.5 Å². The van der Waals surface area contributed by atoms with Crippen LogP contribution < -0.4 is 5.32 Å². The Labute approximate surface area is 126 Å². The van der Waals surface area contributed by atoms with Crippen molar-refractivity contribution in [2.75, 3.05) is 5.32 Å². The van der Waals surface area contributed by atoms with E-state index in [0.717, 1.165) is 22.2 Å². The average molecular weight is 306 g/mol. The van der Waals surface area contributed by atoms with Crippen LogP contribution in [0.15, 0.2) is 42.6 Å². The van der Waals surface area contributed by atoms with Gasteiger partial charge in [-0.1, -0.05) is 23.2 Å². The minimum atomic E-state index is 0.0570. The standard InChI is InChI=1S/C15H13Cl2N3/c1-9(13-6-11(16)3-5-14(13)17)19-12-4-2-10-8-18-20-15(10)7-12/h2-9,19H,1H3,(H,18,20). The molecule has 0 aliphatic rings. The number of hydrogen-bond acceptors (Lipinski definition) is 2. The molecule has 5 heteroatoms. The van der Waals surface area contributed by atoms with Crippen LogP contribution in [0.3, 0.4) is 0 Å². The summed E-state index contributed by atoms with van der Waals surface area (Å²) < 4.78 is 0. The second-order valence-electron chi connectivity index (χ2n) is 4.70. The normalized spacial score (nSPS) is 12.6. The Morgan fingerprint density at radius 2 is 2.00 bits per heavy atom. The molecule has 1 heterocycles. The minimum absolute atomic E-state index is 0.0570. The first-order valence-electron chi connectivity index (χ1n) is 6.28. The number of fused-ring (bicyclic) bond motifs is 1. The lowest BCUT2D eigenvalue weighted by atomic mass is 10.1. The largest absolute Gasteiger partial charge is 0.378 e. The molecule has 0 aliphatic carbocycles. The molecule has 0 bridgehead atoms. The number of anilines is 1. The number of halogens is 2. The molecule has 20 heavy (non-hydrogen) atoms. The topological polar surface area (TPSA) is 40.7 Å². The van der Waals surface area contributed by atoms with Gasteiger partial charge >= 0.3 is 0 Å². The fourth-order valence-electron chi connectivity index (χ4n) is 2.20. The highest BCUT2D eigenvalue weighted by molar-refractivity contribution is 6.33. The maximum atomic E-state index is 6.22. The van der Waals surface area contributed by atoms with Crippen molar-refractivity contribution in [3.05, 3.63) is 58.2 Å². The molecule has 0 aliphatic heterocycles. The van der Waals surface area contributed by atoms with E-state index >= 15 is 0 Å². The van der Waals surface area contributed by atoms with Gasteiger partial charge in [-0.3, -0.25) is 5.10 Å². The van der Waals surface area contributed by atoms with Crippen molar-refractivity contribution < 1.29 is 0 Å². The molecular formula is C15H13Cl2N3. The number of nitrogens with one attached hydrogen (secondary N) is 2. The van der Waals surface area contributed by atoms with E-state index in [1.807, 2.05) is 30.3 Å². The summed E-state index contributed by atoms with van der Waals surface area (Å²) >= 11 is 12.2. The van der Waals surface area contributed by atoms with Crippen LogP contribution in [-0.4, -0.2) is 10.2 Å². The fourth-order valence-corrected chi connectivity index (χ4v) is 2.66. The Balaban J connectivity index is 1.87. The summed E-state index contributed by atoms with van der Waals surface area (Å²) in [7, 11) is 0. The van der Waals surface area contributed by atoms with E-state index in [2.05, 4.69) is 22.4 Å². The van der Waals surface area contributed by atoms with Crippen molar-refractivity contribution in [1.82, 2.24) is 10.2 Å². The SMILES string of the molecule is CC(Nc1ccc2cn[nH]c2c1)c1cc(Cl)ccc1Cl. The van der Waals surface area contributed by atoms with Crippen molar-refractivity contribution in [2.45, 2.75) is 13.0 Å². The number of nitrogens with zero attached hydrogens (tertiary/aromatic N) is 1. The monoisotopic (exact) mass is 305 g/mol. The van der Waals surface area contributed by atoms with Crippen LogP contribution >= 0.6 is 23.2 Å². The first kappa shape index (κ1) is 13.3. The lowest BCUT2D eigenvalue weighted by Crippen LogP contribution is -2.07. The summed E-state index contributed by atoms with van der Waals surface area (Å²) in [4.78, 5) is 0. The lowest BCUT2D eigenvalue weighted by Gasteiger charge is -2.17. The molecule has 3 nitrogen and oxygen atoms in total. The van der Waals surface area contributed by atoms with Crippen molar-refractivity contribution in [1.29, 1.82) is 0 Å². The van der Waals surface area contributed by atoms with Crippen molar-refractivity contribution >= 4 is 39.8 Å². The summed E-state index contributed by atoms with van der Waals surface area (Å²) in [6.45, 7) is 2.05. The van der Waals surface area contributed by atoms with Crippen molar-refractivity contribution in [3.8, 4) is 0 Å². The molecule has 1 aromatic heterocycles. The van der Waals surface area contributed by atoms with Gasteiger partial charge in [0.15, 0.2) is 0 Å². The molecular weight excluding hydrogens is 293 g/mol. The molecule has 2 aromatic carbocycles. The second kappa shape index (κ2) is 5.35. The zero-order chi connectivity index (χ0) is 14.1. The number of rotatable bonds is 3. The quantitative estimate of drug-likeness (QED) is 0.711. The number of aromatic nitrogens is 2. The van der Waals surface area contributed by atoms with E-state index < -0.39 is 0 Å². The highest BCUT2D eigenvalue weighted by atomic mass is 35.5. The maximum absolute atomic E-state index is 6.22. The Hall–Kier alpha value is -1.71. The summed E-state index contributed by atoms with van der Waals surface area (Å²) in [5.41, 5.74) is 2.98. The van der Waals surface area contributed by atoms with E-state index in [4.69, 9.17) is 23.2 Å². The number of aromatic amines is 1. The van der Waals surface area contributed by atoms with E-state index in [0.29, 0.717) is 10.0 Å². The van der Waals surface area contributed by atoms with Gasteiger partial charge in [0.1, 0.15) is 0 Å². The second-order valence-corrected chi connectivity index (χ2v) is 5.55. The Morgan fingerprint density at radius 1 is 1.15 bits per heavy atom. The summed E-state index contributed by atoms with van der Waals surface area (Å²) in [6, 6.07) is 11.6. The van der Waals surface area contributed by atoms with Crippen LogP contribution in [-0.2, 0) is 0 Å².